The van der Waals surface area contributed by atoms with Gasteiger partial charge in [0.05, 0.1) is 22.1 Å². The van der Waals surface area contributed by atoms with Crippen molar-refractivity contribution < 1.29 is 9.90 Å². The average molecular weight is 239 g/mol. The summed E-state index contributed by atoms with van der Waals surface area (Å²) >= 11 is 0. The van der Waals surface area contributed by atoms with Crippen molar-refractivity contribution in [3.8, 4) is 0 Å². The molecular weight excluding hydrogens is 230 g/mol. The van der Waals surface area contributed by atoms with Gasteiger partial charge in [-0.3, -0.25) is 0 Å². The van der Waals surface area contributed by atoms with Gasteiger partial charge in [-0.2, -0.15) is 0 Å². The number of hydrogen-bond donors (Lipinski definition) is 2. The van der Waals surface area contributed by atoms with Crippen LogP contribution in [0, 0.1) is 0 Å². The molecule has 0 atom stereocenters. The quantitative estimate of drug-likeness (QED) is 0.501. The molecule has 88 valence electrons. The van der Waals surface area contributed by atoms with Gasteiger partial charge in [-0.25, -0.2) is 14.8 Å². The fraction of sp³-hybridized carbons (Fsp3) is 0. The summed E-state index contributed by atoms with van der Waals surface area (Å²) in [6.07, 6.45) is 0. The number of aromatic carboxylic acids is 1. The van der Waals surface area contributed by atoms with E-state index in [-0.39, 0.29) is 5.56 Å². The Bertz CT molecular complexity index is 784. The molecule has 5 heteroatoms. The number of nitrogen functional groups attached to an aromatic ring is 1. The first-order chi connectivity index (χ1) is 8.65. The van der Waals surface area contributed by atoms with Crippen molar-refractivity contribution in [3.63, 3.8) is 0 Å². The maximum Gasteiger partial charge on any atom is 0.337 e. The monoisotopic (exact) mass is 239 g/mol. The third-order valence-corrected chi connectivity index (χ3v) is 2.72. The molecule has 0 aliphatic heterocycles. The summed E-state index contributed by atoms with van der Waals surface area (Å²) in [6.45, 7) is 0. The third kappa shape index (κ3) is 1.53. The summed E-state index contributed by atoms with van der Waals surface area (Å²) in [5, 5.41) is 9.11. The fourth-order valence-corrected chi connectivity index (χ4v) is 1.89. The van der Waals surface area contributed by atoms with Crippen molar-refractivity contribution in [3.05, 3.63) is 42.0 Å². The molecule has 3 aromatic rings. The number of hydrogen-bond acceptors (Lipinski definition) is 4. The maximum absolute atomic E-state index is 11.1. The normalized spacial score (nSPS) is 10.9. The minimum Gasteiger partial charge on any atom is -0.478 e. The van der Waals surface area contributed by atoms with Gasteiger partial charge in [-0.05, 0) is 30.3 Å². The van der Waals surface area contributed by atoms with Crippen LogP contribution in [0.2, 0.25) is 0 Å². The standard InChI is InChI=1S/C13H9N3O2/c14-7-4-5-9-11(6-7)15-10-3-1-2-8(13(17)18)12(10)16-9/h1-6H,14H2,(H,17,18). The summed E-state index contributed by atoms with van der Waals surface area (Å²) in [7, 11) is 0. The number of nitrogens with two attached hydrogens (primary N) is 1. The lowest BCUT2D eigenvalue weighted by molar-refractivity contribution is 0.0699. The molecule has 0 saturated heterocycles. The number of rotatable bonds is 1. The molecule has 1 heterocycles. The molecule has 2 aromatic carbocycles. The van der Waals surface area contributed by atoms with Gasteiger partial charge in [0.2, 0.25) is 0 Å². The average Bonchev–Trinajstić information content (AvgIpc) is 2.35. The second kappa shape index (κ2) is 3.66. The molecule has 0 aliphatic rings. The highest BCUT2D eigenvalue weighted by atomic mass is 16.4. The zero-order valence-corrected chi connectivity index (χ0v) is 9.29. The van der Waals surface area contributed by atoms with Crippen LogP contribution in [0.4, 0.5) is 5.69 Å². The summed E-state index contributed by atoms with van der Waals surface area (Å²) in [5.41, 5.74) is 8.67. The molecule has 0 spiro atoms. The van der Waals surface area contributed by atoms with Crippen molar-refractivity contribution in [1.29, 1.82) is 0 Å². The number of anilines is 1. The summed E-state index contributed by atoms with van der Waals surface area (Å²) in [5.74, 6) is -1.01. The lowest BCUT2D eigenvalue weighted by atomic mass is 10.1. The van der Waals surface area contributed by atoms with Gasteiger partial charge in [-0.15, -0.1) is 0 Å². The van der Waals surface area contributed by atoms with E-state index >= 15 is 0 Å². The fourth-order valence-electron chi connectivity index (χ4n) is 1.89. The van der Waals surface area contributed by atoms with Crippen molar-refractivity contribution in [1.82, 2.24) is 9.97 Å². The lowest BCUT2D eigenvalue weighted by Gasteiger charge is -2.04. The van der Waals surface area contributed by atoms with Crippen LogP contribution in [-0.4, -0.2) is 21.0 Å². The van der Waals surface area contributed by atoms with Gasteiger partial charge in [0.25, 0.3) is 0 Å². The minimum absolute atomic E-state index is 0.152. The van der Waals surface area contributed by atoms with Crippen molar-refractivity contribution in [2.45, 2.75) is 0 Å². The first kappa shape index (κ1) is 10.5. The van der Waals surface area contributed by atoms with E-state index < -0.39 is 5.97 Å². The highest BCUT2D eigenvalue weighted by Gasteiger charge is 2.11. The van der Waals surface area contributed by atoms with Crippen molar-refractivity contribution >= 4 is 33.7 Å². The van der Waals surface area contributed by atoms with Gasteiger partial charge >= 0.3 is 5.97 Å². The smallest absolute Gasteiger partial charge is 0.337 e. The van der Waals surface area contributed by atoms with E-state index in [1.807, 2.05) is 0 Å². The number of carbonyl (C=O) groups is 1. The number of benzene rings is 2. The Morgan fingerprint density at radius 2 is 1.89 bits per heavy atom. The topological polar surface area (TPSA) is 89.1 Å². The predicted molar refractivity (Wildman–Crippen MR) is 68.4 cm³/mol. The minimum atomic E-state index is -1.01. The highest BCUT2D eigenvalue weighted by molar-refractivity contribution is 6.02. The number of fused-ring (bicyclic) bond motifs is 2. The van der Waals surface area contributed by atoms with Gasteiger partial charge in [0, 0.05) is 5.69 Å². The molecule has 0 aliphatic carbocycles. The predicted octanol–water partition coefficient (Wildman–Crippen LogP) is 2.06. The first-order valence-corrected chi connectivity index (χ1v) is 5.34. The Hall–Kier alpha value is -2.69. The molecule has 0 unspecified atom stereocenters. The van der Waals surface area contributed by atoms with E-state index in [2.05, 4.69) is 9.97 Å². The first-order valence-electron chi connectivity index (χ1n) is 5.34. The Morgan fingerprint density at radius 3 is 2.67 bits per heavy atom. The number of carboxylic acids is 1. The third-order valence-electron chi connectivity index (χ3n) is 2.72. The van der Waals surface area contributed by atoms with Gasteiger partial charge < -0.3 is 10.8 Å². The Balaban J connectivity index is 2.44. The molecular formula is C13H9N3O2. The second-order valence-corrected chi connectivity index (χ2v) is 3.95. The summed E-state index contributed by atoms with van der Waals surface area (Å²) in [6, 6.07) is 10.1. The number of para-hydroxylation sites is 1. The van der Waals surface area contributed by atoms with Crippen LogP contribution in [0.5, 0.6) is 0 Å². The van der Waals surface area contributed by atoms with Crippen LogP contribution < -0.4 is 5.73 Å². The number of carboxylic acid groups (broad SMARTS) is 1. The lowest BCUT2D eigenvalue weighted by Crippen LogP contribution is -2.00. The molecule has 0 saturated carbocycles. The van der Waals surface area contributed by atoms with Crippen molar-refractivity contribution in [2.24, 2.45) is 0 Å². The van der Waals surface area contributed by atoms with Crippen LogP contribution in [0.15, 0.2) is 36.4 Å². The zero-order chi connectivity index (χ0) is 12.7. The van der Waals surface area contributed by atoms with E-state index in [0.717, 1.165) is 0 Å². The SMILES string of the molecule is Nc1ccc2nc3c(C(=O)O)cccc3nc2c1. The summed E-state index contributed by atoms with van der Waals surface area (Å²) < 4.78 is 0. The Kier molecular flexibility index (Phi) is 2.13. The highest BCUT2D eigenvalue weighted by Crippen LogP contribution is 2.20. The Morgan fingerprint density at radius 1 is 1.06 bits per heavy atom. The zero-order valence-electron chi connectivity index (χ0n) is 9.29. The van der Waals surface area contributed by atoms with E-state index in [1.165, 1.54) is 6.07 Å². The number of aromatic nitrogens is 2. The van der Waals surface area contributed by atoms with E-state index in [9.17, 15) is 4.79 Å². The van der Waals surface area contributed by atoms with Crippen LogP contribution in [-0.2, 0) is 0 Å². The molecule has 5 nitrogen and oxygen atoms in total. The molecule has 3 N–H and O–H groups in total. The van der Waals surface area contributed by atoms with Gasteiger partial charge in [-0.1, -0.05) is 6.07 Å². The molecule has 3 rings (SSSR count). The maximum atomic E-state index is 11.1. The molecule has 1 aromatic heterocycles. The van der Waals surface area contributed by atoms with Gasteiger partial charge in [0.15, 0.2) is 0 Å². The van der Waals surface area contributed by atoms with Crippen LogP contribution in [0.1, 0.15) is 10.4 Å². The molecule has 0 fully saturated rings. The number of nitrogens with zero attached hydrogens (tertiary/aromatic N) is 2. The molecule has 0 radical (unpaired) electrons. The van der Waals surface area contributed by atoms with Gasteiger partial charge in [0.1, 0.15) is 5.52 Å². The van der Waals surface area contributed by atoms with Crippen LogP contribution in [0.25, 0.3) is 22.1 Å². The summed E-state index contributed by atoms with van der Waals surface area (Å²) in [4.78, 5) is 19.8. The Labute approximate surface area is 102 Å². The second-order valence-electron chi connectivity index (χ2n) is 3.95. The van der Waals surface area contributed by atoms with Crippen LogP contribution in [0.3, 0.4) is 0 Å². The van der Waals surface area contributed by atoms with E-state index in [1.54, 1.807) is 30.3 Å². The van der Waals surface area contributed by atoms with Crippen LogP contribution >= 0.6 is 0 Å². The van der Waals surface area contributed by atoms with E-state index in [0.29, 0.717) is 27.8 Å². The molecule has 0 bridgehead atoms. The van der Waals surface area contributed by atoms with E-state index in [4.69, 9.17) is 10.8 Å². The van der Waals surface area contributed by atoms with Crippen molar-refractivity contribution in [2.75, 3.05) is 5.73 Å². The largest absolute Gasteiger partial charge is 0.478 e. The molecule has 18 heavy (non-hydrogen) atoms. The molecule has 0 amide bonds.